The minimum absolute atomic E-state index is 0.0876. The van der Waals surface area contributed by atoms with Gasteiger partial charge in [-0.3, -0.25) is 5.32 Å². The quantitative estimate of drug-likeness (QED) is 0.791. The van der Waals surface area contributed by atoms with Crippen LogP contribution in [-0.4, -0.2) is 14.5 Å². The first-order valence-corrected chi connectivity index (χ1v) is 6.23. The average molecular weight is 239 g/mol. The summed E-state index contributed by atoms with van der Waals surface area (Å²) in [5.74, 6) is 0. The minimum atomic E-state index is -3.63. The molecule has 1 rings (SSSR count). The highest BCUT2D eigenvalue weighted by molar-refractivity contribution is 7.89. The molecule has 0 radical (unpaired) electrons. The van der Waals surface area contributed by atoms with Crippen LogP contribution >= 0.6 is 0 Å². The molecule has 0 bridgehead atoms. The predicted molar refractivity (Wildman–Crippen MR) is 59.7 cm³/mol. The van der Waals surface area contributed by atoms with Crippen LogP contribution in [-0.2, 0) is 16.6 Å². The van der Waals surface area contributed by atoms with Crippen LogP contribution in [0, 0.1) is 11.3 Å². The largest absolute Gasteiger partial charge is 0.298 e. The summed E-state index contributed by atoms with van der Waals surface area (Å²) < 4.78 is 22.0. The predicted octanol–water partition coefficient (Wildman–Crippen LogP) is 0.336. The summed E-state index contributed by atoms with van der Waals surface area (Å²) in [5, 5.41) is 16.5. The van der Waals surface area contributed by atoms with E-state index in [1.54, 1.807) is 19.1 Å². The Morgan fingerprint density at radius 1 is 1.44 bits per heavy atom. The van der Waals surface area contributed by atoms with Crippen molar-refractivity contribution in [2.75, 3.05) is 0 Å². The SMILES string of the molecule is CC(C#N)NCc1ccc(S(N)(=O)=O)cc1. The lowest BCUT2D eigenvalue weighted by Gasteiger charge is -2.06. The highest BCUT2D eigenvalue weighted by atomic mass is 32.2. The van der Waals surface area contributed by atoms with Crippen LogP contribution in [0.4, 0.5) is 0 Å². The van der Waals surface area contributed by atoms with E-state index >= 15 is 0 Å². The second-order valence-electron chi connectivity index (χ2n) is 3.42. The third kappa shape index (κ3) is 3.62. The number of nitrogens with zero attached hydrogens (tertiary/aromatic N) is 1. The van der Waals surface area contributed by atoms with Crippen molar-refractivity contribution in [1.29, 1.82) is 5.26 Å². The lowest BCUT2D eigenvalue weighted by Crippen LogP contribution is -2.23. The fourth-order valence-corrected chi connectivity index (χ4v) is 1.63. The fourth-order valence-electron chi connectivity index (χ4n) is 1.11. The fraction of sp³-hybridized carbons (Fsp3) is 0.300. The minimum Gasteiger partial charge on any atom is -0.298 e. The van der Waals surface area contributed by atoms with Gasteiger partial charge in [0.25, 0.3) is 0 Å². The van der Waals surface area contributed by atoms with E-state index in [9.17, 15) is 8.42 Å². The van der Waals surface area contributed by atoms with Gasteiger partial charge in [-0.25, -0.2) is 13.6 Å². The lowest BCUT2D eigenvalue weighted by molar-refractivity contribution is 0.597. The van der Waals surface area contributed by atoms with Gasteiger partial charge in [0.05, 0.1) is 17.0 Å². The van der Waals surface area contributed by atoms with E-state index in [2.05, 4.69) is 5.32 Å². The Bertz CT molecular complexity index is 488. The first-order valence-electron chi connectivity index (χ1n) is 4.68. The lowest BCUT2D eigenvalue weighted by atomic mass is 10.2. The van der Waals surface area contributed by atoms with E-state index in [-0.39, 0.29) is 10.9 Å². The van der Waals surface area contributed by atoms with Crippen molar-refractivity contribution in [1.82, 2.24) is 5.32 Å². The van der Waals surface area contributed by atoms with E-state index in [0.29, 0.717) is 6.54 Å². The van der Waals surface area contributed by atoms with Gasteiger partial charge in [-0.05, 0) is 24.6 Å². The van der Waals surface area contributed by atoms with Gasteiger partial charge in [0, 0.05) is 6.54 Å². The monoisotopic (exact) mass is 239 g/mol. The van der Waals surface area contributed by atoms with Crippen LogP contribution < -0.4 is 10.5 Å². The number of nitrogens with two attached hydrogens (primary N) is 1. The maximum atomic E-state index is 11.0. The van der Waals surface area contributed by atoms with Crippen molar-refractivity contribution in [2.45, 2.75) is 24.4 Å². The second kappa shape index (κ2) is 5.07. The Labute approximate surface area is 94.9 Å². The molecule has 0 amide bonds. The molecule has 1 unspecified atom stereocenters. The molecule has 0 saturated heterocycles. The normalized spacial score (nSPS) is 13.1. The number of nitriles is 1. The molecule has 1 atom stereocenters. The maximum Gasteiger partial charge on any atom is 0.238 e. The zero-order valence-corrected chi connectivity index (χ0v) is 9.66. The molecule has 0 aliphatic rings. The first kappa shape index (κ1) is 12.6. The zero-order valence-electron chi connectivity index (χ0n) is 8.84. The Morgan fingerprint density at radius 2 is 2.00 bits per heavy atom. The average Bonchev–Trinajstić information content (AvgIpc) is 2.25. The van der Waals surface area contributed by atoms with Gasteiger partial charge >= 0.3 is 0 Å². The highest BCUT2D eigenvalue weighted by Gasteiger charge is 2.06. The van der Waals surface area contributed by atoms with E-state index in [4.69, 9.17) is 10.4 Å². The molecular formula is C10H13N3O2S. The number of nitrogens with one attached hydrogen (secondary N) is 1. The van der Waals surface area contributed by atoms with Crippen molar-refractivity contribution >= 4 is 10.0 Å². The Kier molecular flexibility index (Phi) is 4.01. The van der Waals surface area contributed by atoms with E-state index in [1.165, 1.54) is 12.1 Å². The molecule has 0 heterocycles. The number of sulfonamides is 1. The van der Waals surface area contributed by atoms with E-state index in [0.717, 1.165) is 5.56 Å². The molecule has 86 valence electrons. The molecule has 6 heteroatoms. The van der Waals surface area contributed by atoms with Gasteiger partial charge in [-0.2, -0.15) is 5.26 Å². The number of rotatable bonds is 4. The van der Waals surface area contributed by atoms with Crippen molar-refractivity contribution in [3.63, 3.8) is 0 Å². The zero-order chi connectivity index (χ0) is 12.2. The number of benzene rings is 1. The summed E-state index contributed by atoms with van der Waals surface area (Å²) in [6.07, 6.45) is 0. The van der Waals surface area contributed by atoms with Gasteiger partial charge in [0.1, 0.15) is 0 Å². The molecule has 0 aromatic heterocycles. The summed E-state index contributed by atoms with van der Waals surface area (Å²) in [6, 6.07) is 8.03. The first-order chi connectivity index (χ1) is 7.43. The van der Waals surface area contributed by atoms with Crippen LogP contribution in [0.25, 0.3) is 0 Å². The summed E-state index contributed by atoms with van der Waals surface area (Å²) in [4.78, 5) is 0.0876. The molecular weight excluding hydrogens is 226 g/mol. The summed E-state index contributed by atoms with van der Waals surface area (Å²) in [5.41, 5.74) is 0.898. The Hall–Kier alpha value is -1.42. The van der Waals surface area contributed by atoms with Gasteiger partial charge in [-0.1, -0.05) is 12.1 Å². The Balaban J connectivity index is 2.70. The molecule has 0 saturated carbocycles. The molecule has 3 N–H and O–H groups in total. The number of hydrogen-bond donors (Lipinski definition) is 2. The van der Waals surface area contributed by atoms with Crippen LogP contribution in [0.5, 0.6) is 0 Å². The van der Waals surface area contributed by atoms with Crippen LogP contribution in [0.2, 0.25) is 0 Å². The third-order valence-electron chi connectivity index (χ3n) is 2.06. The van der Waals surface area contributed by atoms with Gasteiger partial charge in [0.2, 0.25) is 10.0 Å². The molecule has 0 aliphatic carbocycles. The third-order valence-corrected chi connectivity index (χ3v) is 2.99. The molecule has 16 heavy (non-hydrogen) atoms. The second-order valence-corrected chi connectivity index (χ2v) is 4.98. The summed E-state index contributed by atoms with van der Waals surface area (Å²) in [7, 11) is -3.63. The number of hydrogen-bond acceptors (Lipinski definition) is 4. The number of primary sulfonamides is 1. The topological polar surface area (TPSA) is 96.0 Å². The van der Waals surface area contributed by atoms with Crippen LogP contribution in [0.1, 0.15) is 12.5 Å². The van der Waals surface area contributed by atoms with Crippen molar-refractivity contribution in [3.05, 3.63) is 29.8 Å². The van der Waals surface area contributed by atoms with Crippen LogP contribution in [0.3, 0.4) is 0 Å². The highest BCUT2D eigenvalue weighted by Crippen LogP contribution is 2.08. The standard InChI is InChI=1S/C10H13N3O2S/c1-8(6-11)13-7-9-2-4-10(5-3-9)16(12,14)15/h2-5,8,13H,7H2,1H3,(H2,12,14,15). The van der Waals surface area contributed by atoms with Gasteiger partial charge < -0.3 is 0 Å². The summed E-state index contributed by atoms with van der Waals surface area (Å²) in [6.45, 7) is 2.26. The van der Waals surface area contributed by atoms with Crippen LogP contribution in [0.15, 0.2) is 29.2 Å². The molecule has 0 spiro atoms. The van der Waals surface area contributed by atoms with Gasteiger partial charge in [-0.15, -0.1) is 0 Å². The molecule has 1 aromatic rings. The van der Waals surface area contributed by atoms with Crippen molar-refractivity contribution in [2.24, 2.45) is 5.14 Å². The van der Waals surface area contributed by atoms with E-state index < -0.39 is 10.0 Å². The molecule has 0 fully saturated rings. The smallest absolute Gasteiger partial charge is 0.238 e. The van der Waals surface area contributed by atoms with Gasteiger partial charge in [0.15, 0.2) is 0 Å². The molecule has 0 aliphatic heterocycles. The van der Waals surface area contributed by atoms with E-state index in [1.807, 2.05) is 6.07 Å². The maximum absolute atomic E-state index is 11.0. The summed E-state index contributed by atoms with van der Waals surface area (Å²) >= 11 is 0. The Morgan fingerprint density at radius 3 is 2.44 bits per heavy atom. The van der Waals surface area contributed by atoms with Crippen molar-refractivity contribution in [3.8, 4) is 6.07 Å². The van der Waals surface area contributed by atoms with Crippen molar-refractivity contribution < 1.29 is 8.42 Å². The molecule has 1 aromatic carbocycles. The molecule has 5 nitrogen and oxygen atoms in total.